The SMILES string of the molecule is CCCn1ncnc1CN[C@@H](C)C1CCCCC1. The summed E-state index contributed by atoms with van der Waals surface area (Å²) in [4.78, 5) is 4.34. The third kappa shape index (κ3) is 3.55. The Morgan fingerprint density at radius 2 is 2.17 bits per heavy atom. The fraction of sp³-hybridized carbons (Fsp3) is 0.857. The summed E-state index contributed by atoms with van der Waals surface area (Å²) in [5.74, 6) is 1.92. The normalized spacial score (nSPS) is 19.0. The van der Waals surface area contributed by atoms with E-state index in [-0.39, 0.29) is 0 Å². The van der Waals surface area contributed by atoms with Gasteiger partial charge in [0.1, 0.15) is 12.2 Å². The van der Waals surface area contributed by atoms with Crippen molar-refractivity contribution in [1.82, 2.24) is 20.1 Å². The van der Waals surface area contributed by atoms with Gasteiger partial charge in [-0.15, -0.1) is 0 Å². The molecule has 1 aliphatic rings. The highest BCUT2D eigenvalue weighted by Gasteiger charge is 2.19. The molecule has 0 unspecified atom stereocenters. The van der Waals surface area contributed by atoms with E-state index in [1.54, 1.807) is 6.33 Å². The van der Waals surface area contributed by atoms with Crippen molar-refractivity contribution in [3.8, 4) is 0 Å². The molecular formula is C14H26N4. The second-order valence-electron chi connectivity index (χ2n) is 5.47. The fourth-order valence-corrected chi connectivity index (χ4v) is 2.88. The molecule has 1 aromatic rings. The predicted molar refractivity (Wildman–Crippen MR) is 73.2 cm³/mol. The zero-order valence-corrected chi connectivity index (χ0v) is 11.7. The molecule has 4 nitrogen and oxygen atoms in total. The predicted octanol–water partition coefficient (Wildman–Crippen LogP) is 2.75. The Bertz CT molecular complexity index is 341. The van der Waals surface area contributed by atoms with Gasteiger partial charge in [-0.1, -0.05) is 26.2 Å². The second kappa shape index (κ2) is 6.88. The van der Waals surface area contributed by atoms with Crippen LogP contribution in [0.5, 0.6) is 0 Å². The Kier molecular flexibility index (Phi) is 5.17. The van der Waals surface area contributed by atoms with Crippen LogP contribution < -0.4 is 5.32 Å². The molecule has 1 heterocycles. The maximum atomic E-state index is 4.34. The summed E-state index contributed by atoms with van der Waals surface area (Å²) < 4.78 is 2.01. The van der Waals surface area contributed by atoms with Gasteiger partial charge in [0.15, 0.2) is 0 Å². The van der Waals surface area contributed by atoms with Crippen molar-refractivity contribution in [2.75, 3.05) is 0 Å². The van der Waals surface area contributed by atoms with Crippen molar-refractivity contribution >= 4 is 0 Å². The van der Waals surface area contributed by atoms with Gasteiger partial charge in [-0.25, -0.2) is 9.67 Å². The van der Waals surface area contributed by atoms with Crippen LogP contribution in [0.25, 0.3) is 0 Å². The summed E-state index contributed by atoms with van der Waals surface area (Å²) in [6.45, 7) is 6.30. The van der Waals surface area contributed by atoms with Crippen LogP contribution in [0.3, 0.4) is 0 Å². The van der Waals surface area contributed by atoms with Crippen LogP contribution in [0.2, 0.25) is 0 Å². The summed E-state index contributed by atoms with van der Waals surface area (Å²) in [7, 11) is 0. The molecule has 18 heavy (non-hydrogen) atoms. The first-order chi connectivity index (χ1) is 8.81. The molecule has 102 valence electrons. The topological polar surface area (TPSA) is 42.7 Å². The lowest BCUT2D eigenvalue weighted by molar-refractivity contribution is 0.278. The lowest BCUT2D eigenvalue weighted by Crippen LogP contribution is -2.35. The molecule has 1 N–H and O–H groups in total. The summed E-state index contributed by atoms with van der Waals surface area (Å²) in [6.07, 6.45) is 9.78. The molecule has 2 rings (SSSR count). The summed E-state index contributed by atoms with van der Waals surface area (Å²) >= 11 is 0. The van der Waals surface area contributed by atoms with Crippen LogP contribution >= 0.6 is 0 Å². The van der Waals surface area contributed by atoms with Gasteiger partial charge < -0.3 is 5.32 Å². The molecule has 0 saturated heterocycles. The average Bonchev–Trinajstić information content (AvgIpc) is 2.85. The quantitative estimate of drug-likeness (QED) is 0.844. The highest BCUT2D eigenvalue weighted by Crippen LogP contribution is 2.26. The first-order valence-corrected chi connectivity index (χ1v) is 7.41. The maximum Gasteiger partial charge on any atom is 0.140 e. The lowest BCUT2D eigenvalue weighted by Gasteiger charge is -2.28. The fourth-order valence-electron chi connectivity index (χ4n) is 2.88. The molecule has 0 aromatic carbocycles. The molecule has 0 amide bonds. The number of hydrogen-bond donors (Lipinski definition) is 1. The van der Waals surface area contributed by atoms with Gasteiger partial charge >= 0.3 is 0 Å². The monoisotopic (exact) mass is 250 g/mol. The third-order valence-corrected chi connectivity index (χ3v) is 4.07. The van der Waals surface area contributed by atoms with Crippen LogP contribution in [0.15, 0.2) is 6.33 Å². The van der Waals surface area contributed by atoms with E-state index >= 15 is 0 Å². The molecule has 0 spiro atoms. The average molecular weight is 250 g/mol. The molecule has 1 saturated carbocycles. The first-order valence-electron chi connectivity index (χ1n) is 7.41. The molecule has 1 atom stereocenters. The number of rotatable bonds is 6. The number of hydrogen-bond acceptors (Lipinski definition) is 3. The molecular weight excluding hydrogens is 224 g/mol. The van der Waals surface area contributed by atoms with Crippen molar-refractivity contribution in [3.63, 3.8) is 0 Å². The lowest BCUT2D eigenvalue weighted by atomic mass is 9.84. The Morgan fingerprint density at radius 3 is 2.89 bits per heavy atom. The van der Waals surface area contributed by atoms with Crippen molar-refractivity contribution in [1.29, 1.82) is 0 Å². The minimum atomic E-state index is 0.595. The molecule has 0 bridgehead atoms. The zero-order chi connectivity index (χ0) is 12.8. The second-order valence-corrected chi connectivity index (χ2v) is 5.47. The van der Waals surface area contributed by atoms with Gasteiger partial charge in [0.05, 0.1) is 6.54 Å². The number of nitrogens with one attached hydrogen (secondary N) is 1. The van der Waals surface area contributed by atoms with Gasteiger partial charge in [-0.3, -0.25) is 0 Å². The van der Waals surface area contributed by atoms with E-state index in [0.717, 1.165) is 31.3 Å². The van der Waals surface area contributed by atoms with E-state index in [4.69, 9.17) is 0 Å². The number of aromatic nitrogens is 3. The summed E-state index contributed by atoms with van der Waals surface area (Å²) in [5.41, 5.74) is 0. The van der Waals surface area contributed by atoms with Crippen LogP contribution in [0.1, 0.15) is 58.2 Å². The third-order valence-electron chi connectivity index (χ3n) is 4.07. The number of nitrogens with zero attached hydrogens (tertiary/aromatic N) is 3. The Balaban J connectivity index is 1.80. The smallest absolute Gasteiger partial charge is 0.140 e. The Labute approximate surface area is 110 Å². The van der Waals surface area contributed by atoms with E-state index in [1.807, 2.05) is 4.68 Å². The minimum Gasteiger partial charge on any atom is -0.307 e. The first kappa shape index (κ1) is 13.5. The highest BCUT2D eigenvalue weighted by atomic mass is 15.3. The molecule has 0 aliphatic heterocycles. The summed E-state index contributed by atoms with van der Waals surface area (Å²) in [6, 6.07) is 0.595. The highest BCUT2D eigenvalue weighted by molar-refractivity contribution is 4.86. The van der Waals surface area contributed by atoms with Gasteiger partial charge in [0.25, 0.3) is 0 Å². The van der Waals surface area contributed by atoms with Crippen molar-refractivity contribution < 1.29 is 0 Å². The van der Waals surface area contributed by atoms with Crippen molar-refractivity contribution in [2.24, 2.45) is 5.92 Å². The van der Waals surface area contributed by atoms with Crippen LogP contribution in [-0.4, -0.2) is 20.8 Å². The summed E-state index contributed by atoms with van der Waals surface area (Å²) in [5, 5.41) is 7.89. The van der Waals surface area contributed by atoms with Crippen LogP contribution in [0, 0.1) is 5.92 Å². The van der Waals surface area contributed by atoms with E-state index in [9.17, 15) is 0 Å². The standard InChI is InChI=1S/C14H26N4/c1-3-9-18-14(16-11-17-18)10-15-12(2)13-7-5-4-6-8-13/h11-13,15H,3-10H2,1-2H3/t12-/m0/s1. The largest absolute Gasteiger partial charge is 0.307 e. The minimum absolute atomic E-state index is 0.595. The molecule has 1 aliphatic carbocycles. The Hall–Kier alpha value is -0.900. The van der Waals surface area contributed by atoms with E-state index in [1.165, 1.54) is 32.1 Å². The van der Waals surface area contributed by atoms with Gasteiger partial charge in [0.2, 0.25) is 0 Å². The van der Waals surface area contributed by atoms with E-state index in [2.05, 4.69) is 29.2 Å². The maximum absolute atomic E-state index is 4.34. The van der Waals surface area contributed by atoms with E-state index < -0.39 is 0 Å². The molecule has 1 aromatic heterocycles. The van der Waals surface area contributed by atoms with Crippen LogP contribution in [-0.2, 0) is 13.1 Å². The molecule has 1 fully saturated rings. The van der Waals surface area contributed by atoms with Gasteiger partial charge in [-0.05, 0) is 32.1 Å². The molecule has 0 radical (unpaired) electrons. The van der Waals surface area contributed by atoms with Gasteiger partial charge in [-0.2, -0.15) is 5.10 Å². The van der Waals surface area contributed by atoms with Gasteiger partial charge in [0, 0.05) is 12.6 Å². The zero-order valence-electron chi connectivity index (χ0n) is 11.7. The Morgan fingerprint density at radius 1 is 1.39 bits per heavy atom. The van der Waals surface area contributed by atoms with Crippen LogP contribution in [0.4, 0.5) is 0 Å². The number of aryl methyl sites for hydroxylation is 1. The molecule has 4 heteroatoms. The van der Waals surface area contributed by atoms with Crippen molar-refractivity contribution in [3.05, 3.63) is 12.2 Å². The van der Waals surface area contributed by atoms with Crippen molar-refractivity contribution in [2.45, 2.75) is 71.5 Å². The van der Waals surface area contributed by atoms with E-state index in [0.29, 0.717) is 6.04 Å².